The van der Waals surface area contributed by atoms with E-state index in [4.69, 9.17) is 0 Å². The molecule has 3 nitrogen and oxygen atoms in total. The lowest BCUT2D eigenvalue weighted by Gasteiger charge is -2.38. The molecule has 0 saturated carbocycles. The maximum absolute atomic E-state index is 11.8. The second kappa shape index (κ2) is 4.09. The second-order valence-corrected chi connectivity index (χ2v) is 4.30. The van der Waals surface area contributed by atoms with Crippen molar-refractivity contribution in [1.82, 2.24) is 10.2 Å². The molecule has 0 aromatic heterocycles. The number of nitrogens with one attached hydrogen (secondary N) is 1. The molecule has 1 N–H and O–H groups in total. The molecule has 0 aliphatic carbocycles. The summed E-state index contributed by atoms with van der Waals surface area (Å²) in [5.74, 6) is 0.397. The van der Waals surface area contributed by atoms with Gasteiger partial charge >= 0.3 is 0 Å². The molecule has 1 amide bonds. The van der Waals surface area contributed by atoms with Crippen molar-refractivity contribution in [3.8, 4) is 0 Å². The average Bonchev–Trinajstić information content (AvgIpc) is 2.08. The third-order valence-corrected chi connectivity index (χ3v) is 2.54. The Hall–Kier alpha value is -0.570. The minimum atomic E-state index is 0.118. The van der Waals surface area contributed by atoms with Gasteiger partial charge in [0.2, 0.25) is 5.91 Å². The highest BCUT2D eigenvalue weighted by molar-refractivity contribution is 5.78. The van der Waals surface area contributed by atoms with Crippen LogP contribution in [0.2, 0.25) is 0 Å². The van der Waals surface area contributed by atoms with Crippen LogP contribution in [0.3, 0.4) is 0 Å². The maximum Gasteiger partial charge on any atom is 0.225 e. The van der Waals surface area contributed by atoms with Crippen molar-refractivity contribution >= 4 is 5.91 Å². The summed E-state index contributed by atoms with van der Waals surface area (Å²) < 4.78 is 0. The van der Waals surface area contributed by atoms with Crippen LogP contribution < -0.4 is 5.32 Å². The van der Waals surface area contributed by atoms with Crippen LogP contribution in [0.1, 0.15) is 27.7 Å². The van der Waals surface area contributed by atoms with Crippen LogP contribution >= 0.6 is 0 Å². The molecule has 0 spiro atoms. The van der Waals surface area contributed by atoms with Crippen molar-refractivity contribution in [2.24, 2.45) is 5.92 Å². The molecule has 1 fully saturated rings. The van der Waals surface area contributed by atoms with Gasteiger partial charge in [-0.25, -0.2) is 0 Å². The third-order valence-electron chi connectivity index (χ3n) is 2.54. The van der Waals surface area contributed by atoms with E-state index in [-0.39, 0.29) is 11.8 Å². The Kier molecular flexibility index (Phi) is 3.31. The highest BCUT2D eigenvalue weighted by Gasteiger charge is 2.27. The Morgan fingerprint density at radius 1 is 1.46 bits per heavy atom. The summed E-state index contributed by atoms with van der Waals surface area (Å²) in [4.78, 5) is 13.7. The smallest absolute Gasteiger partial charge is 0.225 e. The Bertz CT molecular complexity index is 191. The summed E-state index contributed by atoms with van der Waals surface area (Å²) in [6, 6.07) is 0.769. The number of rotatable bonds is 1. The van der Waals surface area contributed by atoms with Crippen molar-refractivity contribution in [3.05, 3.63) is 0 Å². The molecule has 1 saturated heterocycles. The molecular formula is C10H20N2O. The van der Waals surface area contributed by atoms with Crippen molar-refractivity contribution in [3.63, 3.8) is 0 Å². The highest BCUT2D eigenvalue weighted by atomic mass is 16.2. The lowest BCUT2D eigenvalue weighted by atomic mass is 10.1. The monoisotopic (exact) mass is 184 g/mol. The topological polar surface area (TPSA) is 32.3 Å². The number of nitrogens with zero attached hydrogens (tertiary/aromatic N) is 1. The van der Waals surface area contributed by atoms with Gasteiger partial charge in [0, 0.05) is 31.1 Å². The van der Waals surface area contributed by atoms with E-state index in [0.29, 0.717) is 12.1 Å². The van der Waals surface area contributed by atoms with Gasteiger partial charge in [-0.3, -0.25) is 4.79 Å². The highest BCUT2D eigenvalue weighted by Crippen LogP contribution is 2.10. The summed E-state index contributed by atoms with van der Waals surface area (Å²) >= 11 is 0. The van der Waals surface area contributed by atoms with E-state index in [1.54, 1.807) is 0 Å². The third kappa shape index (κ3) is 2.44. The molecular weight excluding hydrogens is 164 g/mol. The Labute approximate surface area is 80.5 Å². The number of hydrogen-bond acceptors (Lipinski definition) is 2. The van der Waals surface area contributed by atoms with Crippen LogP contribution in [0.15, 0.2) is 0 Å². The summed E-state index contributed by atoms with van der Waals surface area (Å²) in [6.07, 6.45) is 0. The molecule has 0 aromatic rings. The number of amides is 1. The Morgan fingerprint density at radius 3 is 2.62 bits per heavy atom. The molecule has 1 aliphatic rings. The zero-order chi connectivity index (χ0) is 10.0. The molecule has 1 heterocycles. The van der Waals surface area contributed by atoms with Crippen LogP contribution in [0.25, 0.3) is 0 Å². The predicted molar refractivity (Wildman–Crippen MR) is 53.5 cm³/mol. The number of hydrogen-bond donors (Lipinski definition) is 1. The molecule has 3 heteroatoms. The zero-order valence-corrected chi connectivity index (χ0v) is 9.00. The molecule has 1 rings (SSSR count). The van der Waals surface area contributed by atoms with E-state index in [1.807, 2.05) is 18.7 Å². The fraction of sp³-hybridized carbons (Fsp3) is 0.900. The average molecular weight is 184 g/mol. The first-order valence-corrected chi connectivity index (χ1v) is 5.06. The Morgan fingerprint density at radius 2 is 2.08 bits per heavy atom. The standard InChI is InChI=1S/C10H20N2O/c1-7(2)10(13)12-6-8(3)11-5-9(12)4/h7-9,11H,5-6H2,1-4H3. The maximum atomic E-state index is 11.8. The summed E-state index contributed by atoms with van der Waals surface area (Å²) in [6.45, 7) is 9.90. The van der Waals surface area contributed by atoms with E-state index in [2.05, 4.69) is 19.2 Å². The van der Waals surface area contributed by atoms with Gasteiger partial charge in [-0.2, -0.15) is 0 Å². The molecule has 2 atom stereocenters. The first-order chi connectivity index (χ1) is 6.02. The molecule has 13 heavy (non-hydrogen) atoms. The molecule has 0 aromatic carbocycles. The van der Waals surface area contributed by atoms with Gasteiger partial charge in [0.05, 0.1) is 0 Å². The van der Waals surface area contributed by atoms with Gasteiger partial charge < -0.3 is 10.2 Å². The second-order valence-electron chi connectivity index (χ2n) is 4.30. The normalized spacial score (nSPS) is 29.5. The largest absolute Gasteiger partial charge is 0.337 e. The van der Waals surface area contributed by atoms with Gasteiger partial charge in [0.1, 0.15) is 0 Å². The number of piperazine rings is 1. The number of carbonyl (C=O) groups excluding carboxylic acids is 1. The fourth-order valence-corrected chi connectivity index (χ4v) is 1.66. The molecule has 76 valence electrons. The van der Waals surface area contributed by atoms with Gasteiger partial charge in [-0.1, -0.05) is 13.8 Å². The molecule has 0 radical (unpaired) electrons. The van der Waals surface area contributed by atoms with Crippen molar-refractivity contribution in [1.29, 1.82) is 0 Å². The van der Waals surface area contributed by atoms with Crippen LogP contribution in [-0.2, 0) is 4.79 Å². The minimum Gasteiger partial charge on any atom is -0.337 e. The first kappa shape index (κ1) is 10.5. The predicted octanol–water partition coefficient (Wildman–Crippen LogP) is 0.851. The van der Waals surface area contributed by atoms with Gasteiger partial charge in [-0.15, -0.1) is 0 Å². The van der Waals surface area contributed by atoms with Crippen LogP contribution in [0.4, 0.5) is 0 Å². The van der Waals surface area contributed by atoms with Gasteiger partial charge in [-0.05, 0) is 13.8 Å². The van der Waals surface area contributed by atoms with Gasteiger partial charge in [0.15, 0.2) is 0 Å². The number of carbonyl (C=O) groups is 1. The van der Waals surface area contributed by atoms with Crippen molar-refractivity contribution in [2.45, 2.75) is 39.8 Å². The van der Waals surface area contributed by atoms with Crippen LogP contribution in [0, 0.1) is 5.92 Å². The van der Waals surface area contributed by atoms with E-state index in [1.165, 1.54) is 0 Å². The van der Waals surface area contributed by atoms with E-state index in [0.717, 1.165) is 13.1 Å². The zero-order valence-electron chi connectivity index (χ0n) is 9.00. The Balaban J connectivity index is 2.60. The SMILES string of the molecule is CC1CN(C(=O)C(C)C)C(C)CN1. The molecule has 2 unspecified atom stereocenters. The summed E-state index contributed by atoms with van der Waals surface area (Å²) in [5.41, 5.74) is 0. The summed E-state index contributed by atoms with van der Waals surface area (Å²) in [5, 5.41) is 3.36. The van der Waals surface area contributed by atoms with Crippen LogP contribution in [-0.4, -0.2) is 36.0 Å². The van der Waals surface area contributed by atoms with E-state index in [9.17, 15) is 4.79 Å². The lowest BCUT2D eigenvalue weighted by Crippen LogP contribution is -2.57. The van der Waals surface area contributed by atoms with Gasteiger partial charge in [0.25, 0.3) is 0 Å². The first-order valence-electron chi connectivity index (χ1n) is 5.06. The molecule has 0 bridgehead atoms. The quantitative estimate of drug-likeness (QED) is 0.655. The minimum absolute atomic E-state index is 0.118. The van der Waals surface area contributed by atoms with E-state index < -0.39 is 0 Å². The lowest BCUT2D eigenvalue weighted by molar-refractivity contribution is -0.137. The van der Waals surface area contributed by atoms with Crippen LogP contribution in [0.5, 0.6) is 0 Å². The fourth-order valence-electron chi connectivity index (χ4n) is 1.66. The summed E-state index contributed by atoms with van der Waals surface area (Å²) in [7, 11) is 0. The van der Waals surface area contributed by atoms with E-state index >= 15 is 0 Å². The van der Waals surface area contributed by atoms with Crippen molar-refractivity contribution in [2.75, 3.05) is 13.1 Å². The molecule has 1 aliphatic heterocycles. The van der Waals surface area contributed by atoms with Crippen molar-refractivity contribution < 1.29 is 4.79 Å².